The van der Waals surface area contributed by atoms with E-state index in [4.69, 9.17) is 0 Å². The van der Waals surface area contributed by atoms with Gasteiger partial charge < -0.3 is 14.4 Å². The molecule has 0 atom stereocenters. The third kappa shape index (κ3) is 6.96. The van der Waals surface area contributed by atoms with Crippen LogP contribution in [-0.2, 0) is 16.2 Å². The van der Waals surface area contributed by atoms with Crippen molar-refractivity contribution in [3.63, 3.8) is 0 Å². The van der Waals surface area contributed by atoms with Gasteiger partial charge in [0.15, 0.2) is 0 Å². The number of rotatable bonds is 4. The molecule has 0 saturated heterocycles. The van der Waals surface area contributed by atoms with Gasteiger partial charge in [0.1, 0.15) is 0 Å². The molecule has 17 aromatic carbocycles. The van der Waals surface area contributed by atoms with Crippen molar-refractivity contribution >= 4 is 79.0 Å². The van der Waals surface area contributed by atoms with E-state index in [2.05, 4.69) is 390 Å². The molecule has 26 rings (SSSR count). The normalized spacial score (nSPS) is 15.0. The van der Waals surface area contributed by atoms with Crippen LogP contribution in [0.15, 0.2) is 376 Å². The Labute approximate surface area is 631 Å². The quantitative estimate of drug-likeness (QED) is 0.163. The van der Waals surface area contributed by atoms with Gasteiger partial charge in [-0.2, -0.15) is 0 Å². The first-order valence-corrected chi connectivity index (χ1v) is 38.4. The number of aromatic nitrogens is 1. The molecule has 3 heterocycles. The van der Waals surface area contributed by atoms with Crippen molar-refractivity contribution in [2.75, 3.05) is 9.80 Å². The van der Waals surface area contributed by atoms with Gasteiger partial charge in [-0.25, -0.2) is 0 Å². The lowest BCUT2D eigenvalue weighted by atomic mass is 9.33. The monoisotopic (exact) mass is 1380 g/mol. The van der Waals surface area contributed by atoms with Crippen molar-refractivity contribution in [3.05, 3.63) is 443 Å². The van der Waals surface area contributed by atoms with E-state index in [-0.39, 0.29) is 6.71 Å². The zero-order valence-corrected chi connectivity index (χ0v) is 59.2. The predicted octanol–water partition coefficient (Wildman–Crippen LogP) is 23.6. The van der Waals surface area contributed by atoms with Gasteiger partial charge >= 0.3 is 0 Å². The highest BCUT2D eigenvalue weighted by atomic mass is 15.2. The lowest BCUT2D eigenvalue weighted by molar-refractivity contribution is 0.793. The smallest absolute Gasteiger partial charge is 0.252 e. The summed E-state index contributed by atoms with van der Waals surface area (Å²) in [5.41, 5.74) is 46.1. The number of anilines is 6. The minimum atomic E-state index is -0.613. The molecule has 1 aromatic heterocycles. The standard InChI is InChI=1S/C105H62BN3/c1-2-26-63(27-3-1)64-50-57-97-94(58-64)106-93-56-55-92-100(78-38-12-23-47-89(78)105(92)85-43-19-8-32-72(85)73-33-9-20-44-86(73)105)102(93)109(66-52-54-91-80(60-66)75-35-11-22-46-88(75)104(91)83-41-17-6-30-70(83)71-31-7-18-42-84(71)104)99-62-67(108-95-48-24-13-36-76(95)77-37-14-25-49-96(77)108)61-98(101(99)106)107(97)65-51-53-90-79(59-65)74-34-10-21-45-87(74)103(90)81-39-15-4-28-68(81)69-29-5-16-40-82(69)103/h1-62H. The molecule has 2 aliphatic heterocycles. The number of hydrogen-bond acceptors (Lipinski definition) is 2. The first-order chi connectivity index (χ1) is 54.1. The number of hydrogen-bond donors (Lipinski definition) is 0. The van der Waals surface area contributed by atoms with E-state index >= 15 is 0 Å². The summed E-state index contributed by atoms with van der Waals surface area (Å²) in [6.45, 7) is -0.245. The molecule has 6 aliphatic carbocycles. The molecule has 0 saturated carbocycles. The Morgan fingerprint density at radius 3 is 1.02 bits per heavy atom. The highest BCUT2D eigenvalue weighted by molar-refractivity contribution is 7.00. The number of para-hydroxylation sites is 2. The SMILES string of the molecule is c1ccc(-c2ccc3c(c2)B2c4ccc5c(c4N(c4ccc6c(c4)-c4ccccc4C64c6ccccc6-c6ccccc64)c4cc(-n6c7ccccc7c7ccccc76)cc(c42)N3c2ccc3c(c2)-c2ccccc2C32c3ccccc3-c3ccccc32)-c2ccccc2C52c3ccccc3-c3ccccc32)cc1. The molecule has 109 heavy (non-hydrogen) atoms. The first-order valence-electron chi connectivity index (χ1n) is 38.4. The molecule has 3 nitrogen and oxygen atoms in total. The molecule has 0 unspecified atom stereocenters. The number of nitrogens with zero attached hydrogens (tertiary/aromatic N) is 3. The third-order valence-corrected chi connectivity index (χ3v) is 26.6. The van der Waals surface area contributed by atoms with Crippen LogP contribution in [0.5, 0.6) is 0 Å². The zero-order chi connectivity index (χ0) is 70.7. The van der Waals surface area contributed by atoms with Gasteiger partial charge in [-0.05, 0) is 210 Å². The average molecular weight is 1380 g/mol. The van der Waals surface area contributed by atoms with E-state index in [1.807, 2.05) is 0 Å². The minimum absolute atomic E-state index is 0.245. The van der Waals surface area contributed by atoms with Crippen LogP contribution in [0.1, 0.15) is 66.8 Å². The molecule has 18 aromatic rings. The summed E-state index contributed by atoms with van der Waals surface area (Å²) in [6.07, 6.45) is 0. The Balaban J connectivity index is 0.814. The molecule has 0 bridgehead atoms. The lowest BCUT2D eigenvalue weighted by Gasteiger charge is -2.45. The van der Waals surface area contributed by atoms with E-state index in [0.717, 1.165) is 45.2 Å². The van der Waals surface area contributed by atoms with Crippen LogP contribution in [0.25, 0.3) is 105 Å². The topological polar surface area (TPSA) is 11.4 Å². The fourth-order valence-corrected chi connectivity index (χ4v) is 22.8. The van der Waals surface area contributed by atoms with E-state index in [9.17, 15) is 0 Å². The van der Waals surface area contributed by atoms with Gasteiger partial charge in [0.2, 0.25) is 0 Å². The minimum Gasteiger partial charge on any atom is -0.311 e. The van der Waals surface area contributed by atoms with E-state index in [1.165, 1.54) is 177 Å². The lowest BCUT2D eigenvalue weighted by Crippen LogP contribution is -2.61. The maximum Gasteiger partial charge on any atom is 0.252 e. The summed E-state index contributed by atoms with van der Waals surface area (Å²) in [5, 5.41) is 2.44. The Kier molecular flexibility index (Phi) is 11.2. The van der Waals surface area contributed by atoms with Crippen molar-refractivity contribution in [1.82, 2.24) is 4.57 Å². The van der Waals surface area contributed by atoms with Crippen LogP contribution >= 0.6 is 0 Å². The van der Waals surface area contributed by atoms with Crippen molar-refractivity contribution in [2.24, 2.45) is 0 Å². The molecule has 8 aliphatic rings. The Morgan fingerprint density at radius 1 is 0.211 bits per heavy atom. The number of fused-ring (bicyclic) bond motifs is 38. The van der Waals surface area contributed by atoms with Crippen molar-refractivity contribution in [3.8, 4) is 83.6 Å². The van der Waals surface area contributed by atoms with Gasteiger partial charge in [0.05, 0.1) is 33.0 Å². The molecule has 500 valence electrons. The van der Waals surface area contributed by atoms with Crippen molar-refractivity contribution in [1.29, 1.82) is 0 Å². The Hall–Kier alpha value is -13.8. The molecular formula is C105H62BN3. The average Bonchev–Trinajstić information content (AvgIpc) is 1.57. The second-order valence-electron chi connectivity index (χ2n) is 31.1. The molecule has 4 heteroatoms. The largest absolute Gasteiger partial charge is 0.311 e. The van der Waals surface area contributed by atoms with E-state index < -0.39 is 16.2 Å². The second-order valence-corrected chi connectivity index (χ2v) is 31.1. The molecule has 0 amide bonds. The van der Waals surface area contributed by atoms with Crippen LogP contribution in [0.3, 0.4) is 0 Å². The fraction of sp³-hybridized carbons (Fsp3) is 0.0286. The second kappa shape index (κ2) is 20.8. The maximum absolute atomic E-state index is 2.77. The molecular weight excluding hydrogens is 1310 g/mol. The zero-order valence-electron chi connectivity index (χ0n) is 59.2. The number of benzene rings is 17. The van der Waals surface area contributed by atoms with Gasteiger partial charge in [-0.3, -0.25) is 0 Å². The first kappa shape index (κ1) is 58.5. The fourth-order valence-electron chi connectivity index (χ4n) is 22.8. The maximum atomic E-state index is 2.77. The summed E-state index contributed by atoms with van der Waals surface area (Å²) in [4.78, 5) is 5.45. The highest BCUT2D eigenvalue weighted by Crippen LogP contribution is 2.69. The predicted molar refractivity (Wildman–Crippen MR) is 449 cm³/mol. The summed E-state index contributed by atoms with van der Waals surface area (Å²) in [5.74, 6) is 0. The molecule has 3 spiro atoms. The van der Waals surface area contributed by atoms with Crippen LogP contribution < -0.4 is 26.2 Å². The van der Waals surface area contributed by atoms with E-state index in [1.54, 1.807) is 0 Å². The van der Waals surface area contributed by atoms with Crippen LogP contribution in [0.2, 0.25) is 0 Å². The van der Waals surface area contributed by atoms with Gasteiger partial charge in [0.25, 0.3) is 6.71 Å². The summed E-state index contributed by atoms with van der Waals surface area (Å²) >= 11 is 0. The van der Waals surface area contributed by atoms with Gasteiger partial charge in [0, 0.05) is 50.5 Å². The summed E-state index contributed by atoms with van der Waals surface area (Å²) < 4.78 is 2.57. The Bertz CT molecular complexity index is 6980. The highest BCUT2D eigenvalue weighted by Gasteiger charge is 2.57. The summed E-state index contributed by atoms with van der Waals surface area (Å²) in [7, 11) is 0. The van der Waals surface area contributed by atoms with Gasteiger partial charge in [-0.1, -0.05) is 322 Å². The van der Waals surface area contributed by atoms with Crippen molar-refractivity contribution < 1.29 is 0 Å². The Morgan fingerprint density at radius 2 is 0.560 bits per heavy atom. The molecule has 0 N–H and O–H groups in total. The summed E-state index contributed by atoms with van der Waals surface area (Å²) in [6, 6.07) is 145. The molecule has 0 fully saturated rings. The van der Waals surface area contributed by atoms with E-state index in [0.29, 0.717) is 0 Å². The third-order valence-electron chi connectivity index (χ3n) is 26.6. The van der Waals surface area contributed by atoms with Crippen LogP contribution in [0.4, 0.5) is 34.1 Å². The van der Waals surface area contributed by atoms with Crippen LogP contribution in [0, 0.1) is 0 Å². The van der Waals surface area contributed by atoms with Gasteiger partial charge in [-0.15, -0.1) is 0 Å². The van der Waals surface area contributed by atoms with Crippen molar-refractivity contribution in [2.45, 2.75) is 16.2 Å². The molecule has 0 radical (unpaired) electrons. The van der Waals surface area contributed by atoms with Crippen LogP contribution in [-0.4, -0.2) is 11.3 Å².